The molecule has 0 saturated carbocycles. The van der Waals surface area contributed by atoms with Crippen molar-refractivity contribution in [3.63, 3.8) is 0 Å². The van der Waals surface area contributed by atoms with Gasteiger partial charge < -0.3 is 5.11 Å². The van der Waals surface area contributed by atoms with E-state index in [4.69, 9.17) is 16.7 Å². The van der Waals surface area contributed by atoms with Gasteiger partial charge in [0, 0.05) is 5.02 Å². The van der Waals surface area contributed by atoms with Crippen LogP contribution >= 0.6 is 11.6 Å². The van der Waals surface area contributed by atoms with Gasteiger partial charge in [0.25, 0.3) is 0 Å². The maximum absolute atomic E-state index is 12.2. The van der Waals surface area contributed by atoms with Gasteiger partial charge >= 0.3 is 12.1 Å². The van der Waals surface area contributed by atoms with Gasteiger partial charge in [-0.2, -0.15) is 13.2 Å². The molecule has 1 aromatic rings. The molecule has 0 amide bonds. The highest BCUT2D eigenvalue weighted by Gasteiger charge is 2.36. The van der Waals surface area contributed by atoms with Crippen LogP contribution in [0.1, 0.15) is 17.9 Å². The van der Waals surface area contributed by atoms with E-state index in [2.05, 4.69) is 0 Å². The normalized spacial score (nSPS) is 13.5. The Morgan fingerprint density at radius 2 is 1.94 bits per heavy atom. The molecule has 2 nitrogen and oxygen atoms in total. The number of carboxylic acid groups (broad SMARTS) is 1. The van der Waals surface area contributed by atoms with Gasteiger partial charge in [-0.25, -0.2) is 0 Å². The van der Waals surface area contributed by atoms with Gasteiger partial charge in [0.1, 0.15) is 0 Å². The van der Waals surface area contributed by atoms with Gasteiger partial charge in [0.2, 0.25) is 0 Å². The molecule has 0 bridgehead atoms. The molecule has 0 aliphatic carbocycles. The zero-order valence-corrected chi connectivity index (χ0v) is 8.72. The summed E-state index contributed by atoms with van der Waals surface area (Å²) in [4.78, 5) is 10.8. The van der Waals surface area contributed by atoms with E-state index in [0.29, 0.717) is 0 Å². The van der Waals surface area contributed by atoms with Crippen molar-refractivity contribution in [2.24, 2.45) is 0 Å². The maximum Gasteiger partial charge on any atom is 0.390 e. The largest absolute Gasteiger partial charge is 0.481 e. The van der Waals surface area contributed by atoms with E-state index in [0.717, 1.165) is 0 Å². The zero-order chi connectivity index (χ0) is 12.3. The monoisotopic (exact) mass is 252 g/mol. The molecule has 1 aromatic carbocycles. The molecule has 0 fully saturated rings. The number of aliphatic carboxylic acids is 1. The number of hydrogen-bond acceptors (Lipinski definition) is 1. The summed E-state index contributed by atoms with van der Waals surface area (Å²) in [6, 6.07) is 5.63. The molecule has 1 N–H and O–H groups in total. The summed E-state index contributed by atoms with van der Waals surface area (Å²) >= 11 is 5.66. The fourth-order valence-corrected chi connectivity index (χ4v) is 1.59. The quantitative estimate of drug-likeness (QED) is 0.894. The number of alkyl halides is 3. The molecule has 0 aromatic heterocycles. The van der Waals surface area contributed by atoms with Crippen molar-refractivity contribution in [1.29, 1.82) is 0 Å². The molecule has 0 spiro atoms. The smallest absolute Gasteiger partial charge is 0.390 e. The van der Waals surface area contributed by atoms with Crippen LogP contribution in [-0.4, -0.2) is 17.3 Å². The summed E-state index contributed by atoms with van der Waals surface area (Å²) in [5, 5.41) is 8.78. The lowest BCUT2D eigenvalue weighted by molar-refractivity contribution is -0.157. The summed E-state index contributed by atoms with van der Waals surface area (Å²) < 4.78 is 36.5. The molecule has 16 heavy (non-hydrogen) atoms. The molecular formula is C10H8ClF3O2. The first kappa shape index (κ1) is 12.8. The Bertz CT molecular complexity index is 390. The predicted octanol–water partition coefficient (Wildman–Crippen LogP) is 3.46. The van der Waals surface area contributed by atoms with Crippen molar-refractivity contribution >= 4 is 17.6 Å². The fraction of sp³-hybridized carbons (Fsp3) is 0.300. The second-order valence-electron chi connectivity index (χ2n) is 3.23. The molecular weight excluding hydrogens is 245 g/mol. The summed E-state index contributed by atoms with van der Waals surface area (Å²) in [6.45, 7) is 0. The van der Waals surface area contributed by atoms with E-state index in [1.165, 1.54) is 24.3 Å². The topological polar surface area (TPSA) is 37.3 Å². The van der Waals surface area contributed by atoms with Gasteiger partial charge in [-0.15, -0.1) is 0 Å². The van der Waals surface area contributed by atoms with Crippen LogP contribution in [0.3, 0.4) is 0 Å². The second kappa shape index (κ2) is 4.74. The highest BCUT2D eigenvalue weighted by Crippen LogP contribution is 2.34. The van der Waals surface area contributed by atoms with Gasteiger partial charge in [-0.3, -0.25) is 4.79 Å². The van der Waals surface area contributed by atoms with Crippen LogP contribution in [0.4, 0.5) is 13.2 Å². The van der Waals surface area contributed by atoms with Crippen molar-refractivity contribution < 1.29 is 23.1 Å². The Balaban J connectivity index is 3.04. The third kappa shape index (κ3) is 3.41. The third-order valence-corrected chi connectivity index (χ3v) is 2.36. The molecule has 0 heterocycles. The Morgan fingerprint density at radius 3 is 2.38 bits per heavy atom. The van der Waals surface area contributed by atoms with Crippen LogP contribution in [-0.2, 0) is 4.79 Å². The Hall–Kier alpha value is -1.23. The number of rotatable bonds is 3. The van der Waals surface area contributed by atoms with Gasteiger partial charge in [0.15, 0.2) is 0 Å². The summed E-state index contributed by atoms with van der Waals surface area (Å²) in [7, 11) is 0. The molecule has 0 aliphatic heterocycles. The van der Waals surface area contributed by atoms with E-state index >= 15 is 0 Å². The van der Waals surface area contributed by atoms with Crippen LogP contribution in [0, 0.1) is 0 Å². The van der Waals surface area contributed by atoms with Crippen LogP contribution in [0.2, 0.25) is 5.02 Å². The molecule has 1 rings (SSSR count). The molecule has 6 heteroatoms. The van der Waals surface area contributed by atoms with Crippen molar-refractivity contribution in [2.45, 2.75) is 18.5 Å². The number of carboxylic acids is 1. The second-order valence-corrected chi connectivity index (χ2v) is 3.64. The van der Waals surface area contributed by atoms with E-state index in [1.807, 2.05) is 0 Å². The first-order valence-electron chi connectivity index (χ1n) is 4.35. The van der Waals surface area contributed by atoms with Crippen molar-refractivity contribution in [3.05, 3.63) is 34.9 Å². The minimum absolute atomic E-state index is 0.0195. The third-order valence-electron chi connectivity index (χ3n) is 2.01. The number of carbonyl (C=O) groups is 1. The lowest BCUT2D eigenvalue weighted by Crippen LogP contribution is -2.20. The molecule has 88 valence electrons. The van der Waals surface area contributed by atoms with Gasteiger partial charge in [-0.05, 0) is 11.6 Å². The first-order valence-corrected chi connectivity index (χ1v) is 4.73. The van der Waals surface area contributed by atoms with Gasteiger partial charge in [0.05, 0.1) is 12.3 Å². The Kier molecular flexibility index (Phi) is 3.80. The number of hydrogen-bond donors (Lipinski definition) is 1. The molecule has 1 atom stereocenters. The highest BCUT2D eigenvalue weighted by molar-refractivity contribution is 6.31. The van der Waals surface area contributed by atoms with E-state index < -0.39 is 24.5 Å². The van der Waals surface area contributed by atoms with E-state index in [1.54, 1.807) is 0 Å². The Morgan fingerprint density at radius 1 is 1.38 bits per heavy atom. The van der Waals surface area contributed by atoms with E-state index in [9.17, 15) is 18.0 Å². The Labute approximate surface area is 94.6 Å². The zero-order valence-electron chi connectivity index (χ0n) is 7.96. The molecule has 0 aliphatic rings. The SMILES string of the molecule is O=C(O)[C@H](CC(F)(F)F)c1ccccc1Cl. The lowest BCUT2D eigenvalue weighted by Gasteiger charge is -2.15. The van der Waals surface area contributed by atoms with Gasteiger partial charge in [-0.1, -0.05) is 29.8 Å². The van der Waals surface area contributed by atoms with Crippen LogP contribution in [0.25, 0.3) is 0 Å². The molecule has 0 saturated heterocycles. The molecule has 0 unspecified atom stereocenters. The average Bonchev–Trinajstić information content (AvgIpc) is 2.13. The standard InChI is InChI=1S/C10H8ClF3O2/c11-8-4-2-1-3-6(8)7(9(15)16)5-10(12,13)14/h1-4,7H,5H2,(H,15,16)/t7-/m1/s1. The minimum Gasteiger partial charge on any atom is -0.481 e. The predicted molar refractivity (Wildman–Crippen MR) is 52.5 cm³/mol. The number of halogens is 4. The average molecular weight is 253 g/mol. The minimum atomic E-state index is -4.54. The first-order chi connectivity index (χ1) is 7.31. The van der Waals surface area contributed by atoms with Crippen molar-refractivity contribution in [3.8, 4) is 0 Å². The van der Waals surface area contributed by atoms with Crippen molar-refractivity contribution in [1.82, 2.24) is 0 Å². The lowest BCUT2D eigenvalue weighted by atomic mass is 9.95. The fourth-order valence-electron chi connectivity index (χ4n) is 1.32. The maximum atomic E-state index is 12.2. The van der Waals surface area contributed by atoms with E-state index in [-0.39, 0.29) is 10.6 Å². The van der Waals surface area contributed by atoms with Crippen LogP contribution < -0.4 is 0 Å². The van der Waals surface area contributed by atoms with Crippen LogP contribution in [0.5, 0.6) is 0 Å². The van der Waals surface area contributed by atoms with Crippen molar-refractivity contribution in [2.75, 3.05) is 0 Å². The molecule has 0 radical (unpaired) electrons. The summed E-state index contributed by atoms with van der Waals surface area (Å²) in [5.41, 5.74) is -0.0195. The summed E-state index contributed by atoms with van der Waals surface area (Å²) in [6.07, 6.45) is -5.96. The number of benzene rings is 1. The van der Waals surface area contributed by atoms with Crippen LogP contribution in [0.15, 0.2) is 24.3 Å². The summed E-state index contributed by atoms with van der Waals surface area (Å²) in [5.74, 6) is -3.20. The highest BCUT2D eigenvalue weighted by atomic mass is 35.5.